The minimum atomic E-state index is 0.403. The predicted octanol–water partition coefficient (Wildman–Crippen LogP) is 1.03. The lowest BCUT2D eigenvalue weighted by molar-refractivity contribution is 0.676. The molecule has 2 rings (SSSR count). The molecular formula is C8H6N4S. The molecule has 0 radical (unpaired) electrons. The number of hydrogen-bond donors (Lipinski definition) is 0. The lowest BCUT2D eigenvalue weighted by Crippen LogP contribution is -1.99. The molecule has 0 aromatic carbocycles. The maximum atomic E-state index is 5.18. The van der Waals surface area contributed by atoms with Crippen molar-refractivity contribution in [2.75, 3.05) is 0 Å². The summed E-state index contributed by atoms with van der Waals surface area (Å²) in [5, 5.41) is 13.2. The average molecular weight is 190 g/mol. The highest BCUT2D eigenvalue weighted by Crippen LogP contribution is 2.20. The number of aromatic nitrogens is 4. The van der Waals surface area contributed by atoms with Crippen LogP contribution in [0, 0.1) is 12.3 Å². The fourth-order valence-electron chi connectivity index (χ4n) is 0.980. The van der Waals surface area contributed by atoms with E-state index in [0.717, 1.165) is 10.7 Å². The van der Waals surface area contributed by atoms with E-state index in [1.807, 2.05) is 17.5 Å². The van der Waals surface area contributed by atoms with Crippen molar-refractivity contribution in [3.63, 3.8) is 0 Å². The van der Waals surface area contributed by atoms with E-state index < -0.39 is 0 Å². The molecule has 0 unspecified atom stereocenters. The molecule has 0 aliphatic heterocycles. The van der Waals surface area contributed by atoms with Crippen LogP contribution in [0.4, 0.5) is 0 Å². The van der Waals surface area contributed by atoms with E-state index in [1.54, 1.807) is 16.0 Å². The first kappa shape index (κ1) is 7.95. The van der Waals surface area contributed by atoms with Crippen LogP contribution in [-0.4, -0.2) is 20.2 Å². The molecule has 5 heteroatoms. The van der Waals surface area contributed by atoms with Gasteiger partial charge in [-0.1, -0.05) is 12.0 Å². The summed E-state index contributed by atoms with van der Waals surface area (Å²) in [5.74, 6) is 3.23. The van der Waals surface area contributed by atoms with Crippen LogP contribution < -0.4 is 0 Å². The molecule has 2 heterocycles. The van der Waals surface area contributed by atoms with Crippen molar-refractivity contribution in [1.29, 1.82) is 0 Å². The van der Waals surface area contributed by atoms with Gasteiger partial charge in [0.1, 0.15) is 6.54 Å². The van der Waals surface area contributed by atoms with E-state index in [4.69, 9.17) is 6.42 Å². The number of tetrazole rings is 1. The van der Waals surface area contributed by atoms with E-state index in [9.17, 15) is 0 Å². The van der Waals surface area contributed by atoms with Gasteiger partial charge in [-0.15, -0.1) is 22.9 Å². The third kappa shape index (κ3) is 1.44. The summed E-state index contributed by atoms with van der Waals surface area (Å²) in [6, 6.07) is 3.91. The molecule has 0 N–H and O–H groups in total. The zero-order chi connectivity index (χ0) is 9.10. The summed E-state index contributed by atoms with van der Waals surface area (Å²) in [4.78, 5) is 1.03. The molecule has 64 valence electrons. The normalized spacial score (nSPS) is 9.77. The first-order chi connectivity index (χ1) is 6.42. The quantitative estimate of drug-likeness (QED) is 0.664. The highest BCUT2D eigenvalue weighted by molar-refractivity contribution is 7.13. The molecular weight excluding hydrogens is 184 g/mol. The summed E-state index contributed by atoms with van der Waals surface area (Å²) in [7, 11) is 0. The zero-order valence-electron chi connectivity index (χ0n) is 6.71. The third-order valence-electron chi connectivity index (χ3n) is 1.51. The van der Waals surface area contributed by atoms with Crippen LogP contribution >= 0.6 is 11.3 Å². The van der Waals surface area contributed by atoms with Gasteiger partial charge in [-0.05, 0) is 21.9 Å². The van der Waals surface area contributed by atoms with E-state index in [0.29, 0.717) is 6.54 Å². The Balaban J connectivity index is 2.42. The van der Waals surface area contributed by atoms with Crippen molar-refractivity contribution < 1.29 is 0 Å². The monoisotopic (exact) mass is 190 g/mol. The SMILES string of the molecule is C#CCn1nnnc1-c1cccs1. The van der Waals surface area contributed by atoms with Gasteiger partial charge in [-0.2, -0.15) is 0 Å². The van der Waals surface area contributed by atoms with Crippen molar-refractivity contribution >= 4 is 11.3 Å². The van der Waals surface area contributed by atoms with E-state index in [2.05, 4.69) is 21.4 Å². The second-order valence-corrected chi connectivity index (χ2v) is 3.29. The van der Waals surface area contributed by atoms with Crippen LogP contribution in [0.2, 0.25) is 0 Å². The zero-order valence-corrected chi connectivity index (χ0v) is 7.53. The Bertz CT molecular complexity index is 423. The number of rotatable bonds is 2. The fraction of sp³-hybridized carbons (Fsp3) is 0.125. The number of hydrogen-bond acceptors (Lipinski definition) is 4. The Labute approximate surface area is 79.2 Å². The third-order valence-corrected chi connectivity index (χ3v) is 2.38. The first-order valence-corrected chi connectivity index (χ1v) is 4.53. The molecule has 0 spiro atoms. The Morgan fingerprint density at radius 1 is 1.62 bits per heavy atom. The molecule has 0 aliphatic rings. The molecule has 0 saturated carbocycles. The van der Waals surface area contributed by atoms with Gasteiger partial charge in [0, 0.05) is 0 Å². The molecule has 0 amide bonds. The Hall–Kier alpha value is -1.67. The van der Waals surface area contributed by atoms with E-state index in [-0.39, 0.29) is 0 Å². The van der Waals surface area contributed by atoms with Crippen molar-refractivity contribution in [1.82, 2.24) is 20.2 Å². The van der Waals surface area contributed by atoms with Gasteiger partial charge in [0.25, 0.3) is 0 Å². The molecule has 0 saturated heterocycles. The number of nitrogens with zero attached hydrogens (tertiary/aromatic N) is 4. The van der Waals surface area contributed by atoms with Crippen LogP contribution in [0.5, 0.6) is 0 Å². The second-order valence-electron chi connectivity index (χ2n) is 2.34. The largest absolute Gasteiger partial charge is 0.213 e. The highest BCUT2D eigenvalue weighted by atomic mass is 32.1. The van der Waals surface area contributed by atoms with Crippen LogP contribution in [0.25, 0.3) is 10.7 Å². The van der Waals surface area contributed by atoms with Gasteiger partial charge in [0.15, 0.2) is 5.82 Å². The summed E-state index contributed by atoms with van der Waals surface area (Å²) in [6.07, 6.45) is 5.18. The summed E-state index contributed by atoms with van der Waals surface area (Å²) < 4.78 is 1.60. The van der Waals surface area contributed by atoms with Crippen molar-refractivity contribution in [3.05, 3.63) is 17.5 Å². The van der Waals surface area contributed by atoms with Crippen molar-refractivity contribution in [2.45, 2.75) is 6.54 Å². The highest BCUT2D eigenvalue weighted by Gasteiger charge is 2.07. The fourth-order valence-corrected chi connectivity index (χ4v) is 1.69. The van der Waals surface area contributed by atoms with Crippen molar-refractivity contribution in [2.24, 2.45) is 0 Å². The summed E-state index contributed by atoms with van der Waals surface area (Å²) >= 11 is 1.59. The summed E-state index contributed by atoms with van der Waals surface area (Å²) in [6.45, 7) is 0.403. The standard InChI is InChI=1S/C8H6N4S/c1-2-5-12-8(9-10-11-12)7-4-3-6-13-7/h1,3-4,6H,5H2. The average Bonchev–Trinajstić information content (AvgIpc) is 2.71. The number of thiophene rings is 1. The van der Waals surface area contributed by atoms with Crippen LogP contribution in [0.1, 0.15) is 0 Å². The number of terminal acetylenes is 1. The molecule has 0 atom stereocenters. The molecule has 13 heavy (non-hydrogen) atoms. The minimum absolute atomic E-state index is 0.403. The molecule has 2 aromatic rings. The first-order valence-electron chi connectivity index (χ1n) is 3.65. The maximum absolute atomic E-state index is 5.18. The van der Waals surface area contributed by atoms with Crippen LogP contribution in [0.15, 0.2) is 17.5 Å². The smallest absolute Gasteiger partial charge is 0.193 e. The van der Waals surface area contributed by atoms with Crippen LogP contribution in [-0.2, 0) is 6.54 Å². The molecule has 0 bridgehead atoms. The summed E-state index contributed by atoms with van der Waals surface area (Å²) in [5.41, 5.74) is 0. The van der Waals surface area contributed by atoms with Gasteiger partial charge in [0.05, 0.1) is 4.88 Å². The van der Waals surface area contributed by atoms with Crippen LogP contribution in [0.3, 0.4) is 0 Å². The van der Waals surface area contributed by atoms with Gasteiger partial charge < -0.3 is 0 Å². The van der Waals surface area contributed by atoms with Gasteiger partial charge in [0.2, 0.25) is 0 Å². The lowest BCUT2D eigenvalue weighted by atomic mass is 10.4. The van der Waals surface area contributed by atoms with E-state index >= 15 is 0 Å². The topological polar surface area (TPSA) is 43.6 Å². The Kier molecular flexibility index (Phi) is 2.06. The molecule has 2 aromatic heterocycles. The van der Waals surface area contributed by atoms with Gasteiger partial charge in [-0.3, -0.25) is 0 Å². The van der Waals surface area contributed by atoms with Gasteiger partial charge in [-0.25, -0.2) is 4.68 Å². The Morgan fingerprint density at radius 2 is 2.54 bits per heavy atom. The van der Waals surface area contributed by atoms with E-state index in [1.165, 1.54) is 0 Å². The van der Waals surface area contributed by atoms with Crippen molar-refractivity contribution in [3.8, 4) is 23.0 Å². The maximum Gasteiger partial charge on any atom is 0.193 e. The lowest BCUT2D eigenvalue weighted by Gasteiger charge is -1.95. The minimum Gasteiger partial charge on any atom is -0.213 e. The molecule has 0 fully saturated rings. The Morgan fingerprint density at radius 3 is 3.23 bits per heavy atom. The molecule has 4 nitrogen and oxygen atoms in total. The predicted molar refractivity (Wildman–Crippen MR) is 50.0 cm³/mol. The second kappa shape index (κ2) is 3.37. The molecule has 0 aliphatic carbocycles. The van der Waals surface area contributed by atoms with Gasteiger partial charge >= 0.3 is 0 Å².